The van der Waals surface area contributed by atoms with Crippen LogP contribution in [-0.4, -0.2) is 11.5 Å². The van der Waals surface area contributed by atoms with Gasteiger partial charge in [-0.05, 0) is 36.8 Å². The first kappa shape index (κ1) is 10.2. The molecular weight excluding hydrogens is 188 g/mol. The zero-order valence-electron chi connectivity index (χ0n) is 9.03. The van der Waals surface area contributed by atoms with Gasteiger partial charge in [-0.15, -0.1) is 0 Å². The van der Waals surface area contributed by atoms with E-state index < -0.39 is 0 Å². The molecule has 1 aromatic heterocycles. The van der Waals surface area contributed by atoms with E-state index in [2.05, 4.69) is 22.7 Å². The fourth-order valence-corrected chi connectivity index (χ4v) is 1.71. The summed E-state index contributed by atoms with van der Waals surface area (Å²) in [6, 6.07) is 5.74. The van der Waals surface area contributed by atoms with E-state index in [0.29, 0.717) is 5.82 Å². The van der Waals surface area contributed by atoms with Crippen LogP contribution in [0.1, 0.15) is 19.8 Å². The Morgan fingerprint density at radius 2 is 2.20 bits per heavy atom. The number of nitrogens with two attached hydrogens (primary N) is 1. The van der Waals surface area contributed by atoms with E-state index in [4.69, 9.17) is 5.84 Å². The summed E-state index contributed by atoms with van der Waals surface area (Å²) in [6.45, 7) is 3.28. The molecule has 0 amide bonds. The van der Waals surface area contributed by atoms with Crippen LogP contribution in [-0.2, 0) is 0 Å². The van der Waals surface area contributed by atoms with Crippen LogP contribution in [0.3, 0.4) is 0 Å². The maximum atomic E-state index is 5.29. The molecule has 15 heavy (non-hydrogen) atoms. The highest BCUT2D eigenvalue weighted by Crippen LogP contribution is 2.36. The quantitative estimate of drug-likeness (QED) is 0.508. The normalized spacial score (nSPS) is 17.2. The van der Waals surface area contributed by atoms with Crippen molar-refractivity contribution < 1.29 is 0 Å². The fraction of sp³-hybridized carbons (Fsp3) is 0.545. The van der Waals surface area contributed by atoms with Crippen LogP contribution in [0.15, 0.2) is 18.2 Å². The summed E-state index contributed by atoms with van der Waals surface area (Å²) in [6.07, 6.45) is 2.78. The van der Waals surface area contributed by atoms with Crippen molar-refractivity contribution in [1.82, 2.24) is 4.98 Å². The molecule has 0 bridgehead atoms. The molecule has 1 unspecified atom stereocenters. The number of nitrogens with one attached hydrogen (secondary N) is 2. The molecule has 0 saturated heterocycles. The van der Waals surface area contributed by atoms with E-state index in [-0.39, 0.29) is 0 Å². The minimum atomic E-state index is 0.694. The molecule has 1 fully saturated rings. The van der Waals surface area contributed by atoms with Gasteiger partial charge in [0.2, 0.25) is 0 Å². The van der Waals surface area contributed by atoms with Gasteiger partial charge in [-0.25, -0.2) is 10.8 Å². The topological polar surface area (TPSA) is 63.0 Å². The molecule has 4 nitrogen and oxygen atoms in total. The second-order valence-electron chi connectivity index (χ2n) is 4.25. The number of anilines is 2. The van der Waals surface area contributed by atoms with E-state index in [1.165, 1.54) is 12.8 Å². The molecule has 1 heterocycles. The van der Waals surface area contributed by atoms with Gasteiger partial charge in [0.25, 0.3) is 0 Å². The lowest BCUT2D eigenvalue weighted by Crippen LogP contribution is -2.15. The summed E-state index contributed by atoms with van der Waals surface area (Å²) < 4.78 is 0. The maximum absolute atomic E-state index is 5.29. The molecule has 1 atom stereocenters. The summed E-state index contributed by atoms with van der Waals surface area (Å²) in [5.41, 5.74) is 2.54. The summed E-state index contributed by atoms with van der Waals surface area (Å²) in [4.78, 5) is 4.30. The molecule has 4 N–H and O–H groups in total. The van der Waals surface area contributed by atoms with Crippen LogP contribution < -0.4 is 16.6 Å². The van der Waals surface area contributed by atoms with Gasteiger partial charge in [0.05, 0.1) is 0 Å². The number of hydrogen-bond donors (Lipinski definition) is 3. The van der Waals surface area contributed by atoms with E-state index in [0.717, 1.165) is 24.2 Å². The van der Waals surface area contributed by atoms with Crippen molar-refractivity contribution >= 4 is 11.6 Å². The SMILES string of the molecule is CC(CNc1cccc(NN)n1)C1CC1. The van der Waals surface area contributed by atoms with E-state index >= 15 is 0 Å². The first-order chi connectivity index (χ1) is 7.29. The Hall–Kier alpha value is -1.29. The molecule has 1 aliphatic carbocycles. The molecule has 0 radical (unpaired) electrons. The number of hydrazine groups is 1. The van der Waals surface area contributed by atoms with Crippen molar-refractivity contribution in [2.75, 3.05) is 17.3 Å². The van der Waals surface area contributed by atoms with Gasteiger partial charge in [0.15, 0.2) is 0 Å². The Morgan fingerprint density at radius 1 is 1.47 bits per heavy atom. The Balaban J connectivity index is 1.86. The molecule has 1 saturated carbocycles. The van der Waals surface area contributed by atoms with Crippen molar-refractivity contribution in [2.24, 2.45) is 17.7 Å². The number of hydrogen-bond acceptors (Lipinski definition) is 4. The molecule has 1 aliphatic rings. The lowest BCUT2D eigenvalue weighted by Gasteiger charge is -2.12. The highest BCUT2D eigenvalue weighted by atomic mass is 15.3. The molecule has 2 rings (SSSR count). The second kappa shape index (κ2) is 4.49. The predicted molar refractivity (Wildman–Crippen MR) is 62.4 cm³/mol. The van der Waals surface area contributed by atoms with Gasteiger partial charge in [0.1, 0.15) is 11.6 Å². The van der Waals surface area contributed by atoms with Crippen LogP contribution >= 0.6 is 0 Å². The van der Waals surface area contributed by atoms with Gasteiger partial charge in [-0.2, -0.15) is 0 Å². The van der Waals surface area contributed by atoms with Crippen molar-refractivity contribution in [3.63, 3.8) is 0 Å². The molecule has 1 aromatic rings. The minimum absolute atomic E-state index is 0.694. The van der Waals surface area contributed by atoms with Crippen LogP contribution in [0, 0.1) is 11.8 Å². The lowest BCUT2D eigenvalue weighted by molar-refractivity contribution is 0.536. The molecule has 0 spiro atoms. The monoisotopic (exact) mass is 206 g/mol. The third-order valence-electron chi connectivity index (χ3n) is 2.93. The third kappa shape index (κ3) is 2.83. The van der Waals surface area contributed by atoms with Crippen LogP contribution in [0.25, 0.3) is 0 Å². The van der Waals surface area contributed by atoms with Crippen molar-refractivity contribution in [3.05, 3.63) is 18.2 Å². The van der Waals surface area contributed by atoms with E-state index in [1.54, 1.807) is 0 Å². The van der Waals surface area contributed by atoms with Crippen molar-refractivity contribution in [1.29, 1.82) is 0 Å². The third-order valence-corrected chi connectivity index (χ3v) is 2.93. The van der Waals surface area contributed by atoms with Gasteiger partial charge in [-0.1, -0.05) is 13.0 Å². The highest BCUT2D eigenvalue weighted by molar-refractivity contribution is 5.44. The molecule has 0 aliphatic heterocycles. The molecule has 0 aromatic carbocycles. The van der Waals surface area contributed by atoms with Gasteiger partial charge >= 0.3 is 0 Å². The van der Waals surface area contributed by atoms with Crippen LogP contribution in [0.4, 0.5) is 11.6 Å². The smallest absolute Gasteiger partial charge is 0.142 e. The molecule has 4 heteroatoms. The predicted octanol–water partition coefficient (Wildman–Crippen LogP) is 1.83. The van der Waals surface area contributed by atoms with Gasteiger partial charge in [0, 0.05) is 6.54 Å². The molecule has 82 valence electrons. The number of rotatable bonds is 5. The second-order valence-corrected chi connectivity index (χ2v) is 4.25. The minimum Gasteiger partial charge on any atom is -0.370 e. The Morgan fingerprint density at radius 3 is 2.87 bits per heavy atom. The molecular formula is C11H18N4. The summed E-state index contributed by atoms with van der Waals surface area (Å²) >= 11 is 0. The van der Waals surface area contributed by atoms with E-state index in [9.17, 15) is 0 Å². The zero-order valence-corrected chi connectivity index (χ0v) is 9.03. The number of nitrogen functional groups attached to an aromatic ring is 1. The zero-order chi connectivity index (χ0) is 10.7. The number of pyridine rings is 1. The average Bonchev–Trinajstić information content (AvgIpc) is 3.10. The average molecular weight is 206 g/mol. The number of aromatic nitrogens is 1. The van der Waals surface area contributed by atoms with Crippen molar-refractivity contribution in [2.45, 2.75) is 19.8 Å². The Labute approximate surface area is 90.2 Å². The fourth-order valence-electron chi connectivity index (χ4n) is 1.71. The summed E-state index contributed by atoms with van der Waals surface area (Å²) in [5, 5.41) is 3.33. The standard InChI is InChI=1S/C11H18N4/c1-8(9-5-6-9)7-13-10-3-2-4-11(14-10)15-12/h2-4,8-9H,5-7,12H2,1H3,(H2,13,14,15). The first-order valence-electron chi connectivity index (χ1n) is 5.47. The maximum Gasteiger partial charge on any atom is 0.142 e. The van der Waals surface area contributed by atoms with Gasteiger partial charge in [-0.3, -0.25) is 0 Å². The summed E-state index contributed by atoms with van der Waals surface area (Å²) in [5.74, 6) is 8.53. The van der Waals surface area contributed by atoms with Gasteiger partial charge < -0.3 is 10.7 Å². The number of nitrogens with zero attached hydrogens (tertiary/aromatic N) is 1. The van der Waals surface area contributed by atoms with Crippen LogP contribution in [0.5, 0.6) is 0 Å². The first-order valence-corrected chi connectivity index (χ1v) is 5.47. The lowest BCUT2D eigenvalue weighted by atomic mass is 10.1. The Kier molecular flexibility index (Phi) is 3.06. The van der Waals surface area contributed by atoms with Crippen LogP contribution in [0.2, 0.25) is 0 Å². The summed E-state index contributed by atoms with van der Waals surface area (Å²) in [7, 11) is 0. The largest absolute Gasteiger partial charge is 0.370 e. The Bertz CT molecular complexity index is 322. The van der Waals surface area contributed by atoms with Crippen molar-refractivity contribution in [3.8, 4) is 0 Å². The highest BCUT2D eigenvalue weighted by Gasteiger charge is 2.27. The van der Waals surface area contributed by atoms with E-state index in [1.807, 2.05) is 18.2 Å².